The highest BCUT2D eigenvalue weighted by atomic mass is 19.1. The van der Waals surface area contributed by atoms with Crippen molar-refractivity contribution in [1.29, 1.82) is 0 Å². The van der Waals surface area contributed by atoms with Gasteiger partial charge in [-0.3, -0.25) is 4.79 Å². The molecular weight excluding hydrogens is 267 g/mol. The summed E-state index contributed by atoms with van der Waals surface area (Å²) in [6, 6.07) is 14.1. The lowest BCUT2D eigenvalue weighted by atomic mass is 10.1. The van der Waals surface area contributed by atoms with E-state index in [0.29, 0.717) is 13.0 Å². The van der Waals surface area contributed by atoms with Crippen LogP contribution in [0.3, 0.4) is 0 Å². The van der Waals surface area contributed by atoms with Gasteiger partial charge in [0.15, 0.2) is 0 Å². The number of carbonyl (C=O) groups is 1. The normalized spacial score (nSPS) is 10.2. The van der Waals surface area contributed by atoms with Crippen molar-refractivity contribution in [1.82, 2.24) is 5.32 Å². The predicted molar refractivity (Wildman–Crippen MR) is 82.8 cm³/mol. The van der Waals surface area contributed by atoms with Crippen LogP contribution in [0.2, 0.25) is 0 Å². The fourth-order valence-electron chi connectivity index (χ4n) is 2.01. The molecule has 4 heteroatoms. The average Bonchev–Trinajstić information content (AvgIpc) is 2.48. The molecule has 2 aromatic rings. The second-order valence-electron chi connectivity index (χ2n) is 4.89. The topological polar surface area (TPSA) is 41.1 Å². The number of nitrogens with one attached hydrogen (secondary N) is 2. The minimum Gasteiger partial charge on any atom is -0.376 e. The molecule has 110 valence electrons. The molecule has 0 bridgehead atoms. The first kappa shape index (κ1) is 15.0. The van der Waals surface area contributed by atoms with Gasteiger partial charge in [-0.25, -0.2) is 4.39 Å². The highest BCUT2D eigenvalue weighted by Gasteiger charge is 2.02. The minimum absolute atomic E-state index is 0.0552. The second kappa shape index (κ2) is 7.43. The van der Waals surface area contributed by atoms with Crippen molar-refractivity contribution < 1.29 is 9.18 Å². The summed E-state index contributed by atoms with van der Waals surface area (Å²) >= 11 is 0. The Hall–Kier alpha value is -2.36. The second-order valence-corrected chi connectivity index (χ2v) is 4.89. The van der Waals surface area contributed by atoms with Crippen LogP contribution in [0.4, 0.5) is 10.1 Å². The van der Waals surface area contributed by atoms with E-state index >= 15 is 0 Å². The van der Waals surface area contributed by atoms with Crippen LogP contribution < -0.4 is 10.6 Å². The Morgan fingerprint density at radius 3 is 2.52 bits per heavy atom. The van der Waals surface area contributed by atoms with Crippen LogP contribution in [0.1, 0.15) is 11.1 Å². The van der Waals surface area contributed by atoms with Crippen molar-refractivity contribution in [3.8, 4) is 0 Å². The third kappa shape index (κ3) is 4.91. The van der Waals surface area contributed by atoms with E-state index in [2.05, 4.69) is 10.6 Å². The van der Waals surface area contributed by atoms with Gasteiger partial charge in [0.1, 0.15) is 5.82 Å². The van der Waals surface area contributed by atoms with Crippen LogP contribution in [0, 0.1) is 12.7 Å². The predicted octanol–water partition coefficient (Wildman–Crippen LogP) is 2.90. The van der Waals surface area contributed by atoms with Gasteiger partial charge in [-0.05, 0) is 42.7 Å². The Bertz CT molecular complexity index is 596. The van der Waals surface area contributed by atoms with Crippen LogP contribution in [0.5, 0.6) is 0 Å². The quantitative estimate of drug-likeness (QED) is 0.857. The molecule has 0 radical (unpaired) electrons. The zero-order chi connectivity index (χ0) is 15.1. The number of hydrogen-bond acceptors (Lipinski definition) is 2. The molecule has 0 saturated heterocycles. The number of hydrogen-bond donors (Lipinski definition) is 2. The summed E-state index contributed by atoms with van der Waals surface area (Å²) in [5.74, 6) is -0.300. The number of benzene rings is 2. The maximum Gasteiger partial charge on any atom is 0.239 e. The summed E-state index contributed by atoms with van der Waals surface area (Å²) in [6.07, 6.45) is 0.691. The van der Waals surface area contributed by atoms with Gasteiger partial charge >= 0.3 is 0 Å². The van der Waals surface area contributed by atoms with Crippen molar-refractivity contribution in [3.63, 3.8) is 0 Å². The van der Waals surface area contributed by atoms with Gasteiger partial charge < -0.3 is 10.6 Å². The fourth-order valence-corrected chi connectivity index (χ4v) is 2.01. The molecule has 2 N–H and O–H groups in total. The highest BCUT2D eigenvalue weighted by molar-refractivity contribution is 5.80. The molecule has 21 heavy (non-hydrogen) atoms. The molecule has 0 aliphatic rings. The molecule has 0 atom stereocenters. The Kier molecular flexibility index (Phi) is 5.32. The van der Waals surface area contributed by atoms with Gasteiger partial charge in [0.05, 0.1) is 6.54 Å². The third-order valence-electron chi connectivity index (χ3n) is 3.23. The van der Waals surface area contributed by atoms with E-state index in [9.17, 15) is 9.18 Å². The lowest BCUT2D eigenvalue weighted by molar-refractivity contribution is -0.119. The van der Waals surface area contributed by atoms with Gasteiger partial charge in [-0.15, -0.1) is 0 Å². The summed E-state index contributed by atoms with van der Waals surface area (Å²) in [6.45, 7) is 2.78. The Labute approximate surface area is 124 Å². The fraction of sp³-hybridized carbons (Fsp3) is 0.235. The maximum absolute atomic E-state index is 12.8. The van der Waals surface area contributed by atoms with E-state index in [0.717, 1.165) is 16.8 Å². The summed E-state index contributed by atoms with van der Waals surface area (Å²) in [4.78, 5) is 11.7. The van der Waals surface area contributed by atoms with Gasteiger partial charge in [0.2, 0.25) is 5.91 Å². The SMILES string of the molecule is Cc1ccccc1NCC(=O)NCCc1ccc(F)cc1. The van der Waals surface area contributed by atoms with Gasteiger partial charge in [-0.2, -0.15) is 0 Å². The van der Waals surface area contributed by atoms with Crippen molar-refractivity contribution in [2.24, 2.45) is 0 Å². The molecule has 2 aromatic carbocycles. The summed E-state index contributed by atoms with van der Waals surface area (Å²) < 4.78 is 12.8. The highest BCUT2D eigenvalue weighted by Crippen LogP contribution is 2.12. The first-order valence-electron chi connectivity index (χ1n) is 6.96. The lowest BCUT2D eigenvalue weighted by Gasteiger charge is -2.09. The van der Waals surface area contributed by atoms with Crippen molar-refractivity contribution in [2.75, 3.05) is 18.4 Å². The number of halogens is 1. The monoisotopic (exact) mass is 286 g/mol. The molecule has 0 unspecified atom stereocenters. The van der Waals surface area contributed by atoms with Crippen LogP contribution in [-0.2, 0) is 11.2 Å². The summed E-state index contributed by atoms with van der Waals surface area (Å²) in [7, 11) is 0. The maximum atomic E-state index is 12.8. The standard InChI is InChI=1S/C17H19FN2O/c1-13-4-2-3-5-16(13)20-12-17(21)19-11-10-14-6-8-15(18)9-7-14/h2-9,20H,10-12H2,1H3,(H,19,21). The summed E-state index contributed by atoms with van der Waals surface area (Å²) in [5.41, 5.74) is 3.08. The van der Waals surface area contributed by atoms with E-state index in [1.165, 1.54) is 12.1 Å². The van der Waals surface area contributed by atoms with E-state index in [-0.39, 0.29) is 18.3 Å². The number of aryl methyl sites for hydroxylation is 1. The van der Waals surface area contributed by atoms with E-state index in [1.54, 1.807) is 12.1 Å². The molecule has 3 nitrogen and oxygen atoms in total. The molecule has 0 aliphatic carbocycles. The lowest BCUT2D eigenvalue weighted by Crippen LogP contribution is -2.31. The zero-order valence-corrected chi connectivity index (χ0v) is 12.0. The molecule has 2 rings (SSSR count). The number of rotatable bonds is 6. The molecule has 0 aromatic heterocycles. The molecular formula is C17H19FN2O. The third-order valence-corrected chi connectivity index (χ3v) is 3.23. The minimum atomic E-state index is -0.245. The number of carbonyl (C=O) groups excluding carboxylic acids is 1. The Morgan fingerprint density at radius 1 is 1.10 bits per heavy atom. The van der Waals surface area contributed by atoms with Gasteiger partial charge in [-0.1, -0.05) is 30.3 Å². The van der Waals surface area contributed by atoms with E-state index < -0.39 is 0 Å². The van der Waals surface area contributed by atoms with Crippen molar-refractivity contribution in [3.05, 3.63) is 65.5 Å². The average molecular weight is 286 g/mol. The molecule has 0 aliphatic heterocycles. The number of anilines is 1. The van der Waals surface area contributed by atoms with Crippen LogP contribution in [0.25, 0.3) is 0 Å². The molecule has 0 heterocycles. The van der Waals surface area contributed by atoms with Crippen LogP contribution >= 0.6 is 0 Å². The zero-order valence-electron chi connectivity index (χ0n) is 12.0. The van der Waals surface area contributed by atoms with Gasteiger partial charge in [0, 0.05) is 12.2 Å². The number of amides is 1. The smallest absolute Gasteiger partial charge is 0.239 e. The first-order chi connectivity index (χ1) is 10.1. The first-order valence-corrected chi connectivity index (χ1v) is 6.96. The summed E-state index contributed by atoms with van der Waals surface area (Å²) in [5, 5.41) is 5.95. The van der Waals surface area contributed by atoms with Crippen LogP contribution in [0.15, 0.2) is 48.5 Å². The van der Waals surface area contributed by atoms with Crippen LogP contribution in [-0.4, -0.2) is 19.0 Å². The molecule has 0 spiro atoms. The molecule has 0 fully saturated rings. The number of para-hydroxylation sites is 1. The molecule has 1 amide bonds. The Morgan fingerprint density at radius 2 is 1.81 bits per heavy atom. The van der Waals surface area contributed by atoms with Crippen molar-refractivity contribution >= 4 is 11.6 Å². The van der Waals surface area contributed by atoms with E-state index in [4.69, 9.17) is 0 Å². The molecule has 0 saturated carbocycles. The Balaban J connectivity index is 1.70. The van der Waals surface area contributed by atoms with Crippen molar-refractivity contribution in [2.45, 2.75) is 13.3 Å². The largest absolute Gasteiger partial charge is 0.376 e. The van der Waals surface area contributed by atoms with Gasteiger partial charge in [0.25, 0.3) is 0 Å². The van der Waals surface area contributed by atoms with E-state index in [1.807, 2.05) is 31.2 Å².